The highest BCUT2D eigenvalue weighted by molar-refractivity contribution is 7.09. The Labute approximate surface area is 123 Å². The third-order valence-electron chi connectivity index (χ3n) is 4.49. The number of carboxylic acid groups (broad SMARTS) is 1. The van der Waals surface area contributed by atoms with Gasteiger partial charge in [-0.1, -0.05) is 12.8 Å². The molecular weight excluding hydrogens is 272 g/mol. The number of thiazole rings is 1. The van der Waals surface area contributed by atoms with Crippen molar-refractivity contribution in [2.75, 3.05) is 0 Å². The molecule has 4 nitrogen and oxygen atoms in total. The molecule has 1 aromatic rings. The average Bonchev–Trinajstić information content (AvgIpc) is 2.93. The molecule has 110 valence electrons. The standard InChI is InChI=1S/C15H22N2O2S/c1-10(15(18)19)17(13-6-7-13)8-12-9-20-14(16-12)11-4-2-3-5-11/h9-11,13H,2-8H2,1H3,(H,18,19). The van der Waals surface area contributed by atoms with Crippen LogP contribution in [0.1, 0.15) is 62.1 Å². The zero-order chi connectivity index (χ0) is 14.1. The Bertz CT molecular complexity index is 478. The first-order chi connectivity index (χ1) is 9.65. The molecule has 3 rings (SSSR count). The van der Waals surface area contributed by atoms with Crippen LogP contribution in [0.15, 0.2) is 5.38 Å². The number of carboxylic acids is 1. The number of aromatic nitrogens is 1. The van der Waals surface area contributed by atoms with Gasteiger partial charge in [0.2, 0.25) is 0 Å². The summed E-state index contributed by atoms with van der Waals surface area (Å²) < 4.78 is 0. The highest BCUT2D eigenvalue weighted by Gasteiger charge is 2.35. The van der Waals surface area contributed by atoms with Gasteiger partial charge in [0, 0.05) is 23.9 Å². The lowest BCUT2D eigenvalue weighted by molar-refractivity contribution is -0.143. The molecule has 0 aliphatic heterocycles. The first-order valence-corrected chi connectivity index (χ1v) is 8.46. The first-order valence-electron chi connectivity index (χ1n) is 7.58. The van der Waals surface area contributed by atoms with Gasteiger partial charge >= 0.3 is 5.97 Å². The van der Waals surface area contributed by atoms with E-state index in [1.165, 1.54) is 30.7 Å². The summed E-state index contributed by atoms with van der Waals surface area (Å²) in [5, 5.41) is 12.6. The van der Waals surface area contributed by atoms with E-state index in [4.69, 9.17) is 4.98 Å². The Kier molecular flexibility index (Phi) is 4.08. The molecule has 2 fully saturated rings. The molecule has 1 unspecified atom stereocenters. The molecule has 0 amide bonds. The summed E-state index contributed by atoms with van der Waals surface area (Å²) >= 11 is 1.76. The maximum atomic E-state index is 11.2. The fourth-order valence-corrected chi connectivity index (χ4v) is 4.06. The molecular formula is C15H22N2O2S. The highest BCUT2D eigenvalue weighted by atomic mass is 32.1. The molecule has 0 spiro atoms. The summed E-state index contributed by atoms with van der Waals surface area (Å²) in [6, 6.07) is 0.0249. The molecule has 20 heavy (non-hydrogen) atoms. The molecule has 0 saturated heterocycles. The van der Waals surface area contributed by atoms with Crippen LogP contribution < -0.4 is 0 Å². The van der Waals surface area contributed by atoms with Gasteiger partial charge in [0.15, 0.2) is 0 Å². The van der Waals surface area contributed by atoms with Crippen LogP contribution in [-0.2, 0) is 11.3 Å². The van der Waals surface area contributed by atoms with E-state index < -0.39 is 12.0 Å². The molecule has 2 aliphatic carbocycles. The fourth-order valence-electron chi connectivity index (χ4n) is 3.07. The van der Waals surface area contributed by atoms with Crippen molar-refractivity contribution >= 4 is 17.3 Å². The molecule has 2 aliphatic rings. The minimum Gasteiger partial charge on any atom is -0.480 e. The van der Waals surface area contributed by atoms with Gasteiger partial charge in [-0.3, -0.25) is 9.69 Å². The predicted octanol–water partition coefficient (Wildman–Crippen LogP) is 3.24. The topological polar surface area (TPSA) is 53.4 Å². The molecule has 2 saturated carbocycles. The summed E-state index contributed by atoms with van der Waals surface area (Å²) in [4.78, 5) is 18.1. The monoisotopic (exact) mass is 294 g/mol. The van der Waals surface area contributed by atoms with Crippen molar-refractivity contribution in [2.24, 2.45) is 0 Å². The SMILES string of the molecule is CC(C(=O)O)N(Cc1csc(C2CCCC2)n1)C1CC1. The maximum absolute atomic E-state index is 11.2. The number of hydrogen-bond acceptors (Lipinski definition) is 4. The van der Waals surface area contributed by atoms with Crippen molar-refractivity contribution in [2.45, 2.75) is 70.0 Å². The van der Waals surface area contributed by atoms with Gasteiger partial charge in [0.05, 0.1) is 10.7 Å². The molecule has 0 radical (unpaired) electrons. The maximum Gasteiger partial charge on any atom is 0.320 e. The summed E-state index contributed by atoms with van der Waals surface area (Å²) in [5.41, 5.74) is 1.05. The van der Waals surface area contributed by atoms with Crippen LogP contribution in [0.2, 0.25) is 0 Å². The van der Waals surface area contributed by atoms with Crippen molar-refractivity contribution in [1.29, 1.82) is 0 Å². The Morgan fingerprint density at radius 3 is 2.75 bits per heavy atom. The first kappa shape index (κ1) is 14.0. The van der Waals surface area contributed by atoms with Gasteiger partial charge in [-0.25, -0.2) is 4.98 Å². The minimum atomic E-state index is -0.733. The van der Waals surface area contributed by atoms with Crippen molar-refractivity contribution < 1.29 is 9.90 Å². The van der Waals surface area contributed by atoms with Crippen molar-refractivity contribution in [3.63, 3.8) is 0 Å². The van der Waals surface area contributed by atoms with Gasteiger partial charge in [0.25, 0.3) is 0 Å². The highest BCUT2D eigenvalue weighted by Crippen LogP contribution is 2.36. The third kappa shape index (κ3) is 3.04. The number of nitrogens with zero attached hydrogens (tertiary/aromatic N) is 2. The zero-order valence-corrected chi connectivity index (χ0v) is 12.7. The molecule has 5 heteroatoms. The lowest BCUT2D eigenvalue weighted by atomic mass is 10.1. The normalized spacial score (nSPS) is 21.5. The lowest BCUT2D eigenvalue weighted by Gasteiger charge is -2.25. The Morgan fingerprint density at radius 1 is 1.45 bits per heavy atom. The van der Waals surface area contributed by atoms with Crippen LogP contribution in [0.5, 0.6) is 0 Å². The van der Waals surface area contributed by atoms with Crippen molar-refractivity contribution in [3.05, 3.63) is 16.1 Å². The summed E-state index contributed by atoms with van der Waals surface area (Å²) in [5.74, 6) is -0.0804. The van der Waals surface area contributed by atoms with Crippen LogP contribution in [0.3, 0.4) is 0 Å². The van der Waals surface area contributed by atoms with Crippen LogP contribution in [0.4, 0.5) is 0 Å². The zero-order valence-electron chi connectivity index (χ0n) is 11.9. The van der Waals surface area contributed by atoms with E-state index in [9.17, 15) is 9.90 Å². The largest absolute Gasteiger partial charge is 0.480 e. The van der Waals surface area contributed by atoms with Crippen molar-refractivity contribution in [1.82, 2.24) is 9.88 Å². The Balaban J connectivity index is 1.67. The summed E-state index contributed by atoms with van der Waals surface area (Å²) in [7, 11) is 0. The second-order valence-electron chi connectivity index (χ2n) is 6.08. The second-order valence-corrected chi connectivity index (χ2v) is 6.97. The minimum absolute atomic E-state index is 0.417. The Morgan fingerprint density at radius 2 is 2.15 bits per heavy atom. The van der Waals surface area contributed by atoms with E-state index in [1.807, 2.05) is 0 Å². The summed E-state index contributed by atoms with van der Waals surface area (Å²) in [6.45, 7) is 2.46. The van der Waals surface area contributed by atoms with Gasteiger partial charge < -0.3 is 5.11 Å². The number of rotatable bonds is 6. The van der Waals surface area contributed by atoms with Crippen LogP contribution in [0, 0.1) is 0 Å². The van der Waals surface area contributed by atoms with E-state index >= 15 is 0 Å². The third-order valence-corrected chi connectivity index (χ3v) is 5.55. The van der Waals surface area contributed by atoms with Crippen molar-refractivity contribution in [3.8, 4) is 0 Å². The molecule has 0 bridgehead atoms. The molecule has 1 heterocycles. The van der Waals surface area contributed by atoms with Gasteiger partial charge in [-0.15, -0.1) is 11.3 Å². The van der Waals surface area contributed by atoms with Gasteiger partial charge in [-0.05, 0) is 32.6 Å². The predicted molar refractivity (Wildman–Crippen MR) is 79.0 cm³/mol. The van der Waals surface area contributed by atoms with E-state index in [2.05, 4.69) is 10.3 Å². The molecule has 1 aromatic heterocycles. The van der Waals surface area contributed by atoms with E-state index in [0.717, 1.165) is 18.5 Å². The van der Waals surface area contributed by atoms with E-state index in [0.29, 0.717) is 18.5 Å². The number of aliphatic carboxylic acids is 1. The van der Waals surface area contributed by atoms with Gasteiger partial charge in [0.1, 0.15) is 6.04 Å². The average molecular weight is 294 g/mol. The number of carbonyl (C=O) groups is 1. The summed E-state index contributed by atoms with van der Waals surface area (Å²) in [6.07, 6.45) is 7.43. The molecule has 1 N–H and O–H groups in total. The van der Waals surface area contributed by atoms with Gasteiger partial charge in [-0.2, -0.15) is 0 Å². The Hall–Kier alpha value is -0.940. The quantitative estimate of drug-likeness (QED) is 0.875. The van der Waals surface area contributed by atoms with Crippen LogP contribution in [-0.4, -0.2) is 33.0 Å². The number of hydrogen-bond donors (Lipinski definition) is 1. The molecule has 0 aromatic carbocycles. The van der Waals surface area contributed by atoms with Crippen LogP contribution >= 0.6 is 11.3 Å². The smallest absolute Gasteiger partial charge is 0.320 e. The van der Waals surface area contributed by atoms with Crippen LogP contribution in [0.25, 0.3) is 0 Å². The van der Waals surface area contributed by atoms with E-state index in [-0.39, 0.29) is 0 Å². The second kappa shape index (κ2) is 5.82. The lowest BCUT2D eigenvalue weighted by Crippen LogP contribution is -2.40. The fraction of sp³-hybridized carbons (Fsp3) is 0.733. The molecule has 1 atom stereocenters. The van der Waals surface area contributed by atoms with E-state index in [1.54, 1.807) is 18.3 Å².